The molecular formula is C49H79N3O26. The third-order valence-electron chi connectivity index (χ3n) is 10.9. The molecule has 29 heteroatoms. The average Bonchev–Trinajstić information content (AvgIpc) is 3.36. The van der Waals surface area contributed by atoms with Crippen molar-refractivity contribution in [2.45, 2.75) is 129 Å². The summed E-state index contributed by atoms with van der Waals surface area (Å²) in [4.78, 5) is 118. The highest BCUT2D eigenvalue weighted by Crippen LogP contribution is 2.32. The summed E-state index contributed by atoms with van der Waals surface area (Å²) in [5.74, 6) is -6.87. The van der Waals surface area contributed by atoms with Crippen LogP contribution in [0.2, 0.25) is 0 Å². The molecule has 0 bridgehead atoms. The molecule has 0 aromatic heterocycles. The second-order valence-electron chi connectivity index (χ2n) is 17.6. The lowest BCUT2D eigenvalue weighted by Gasteiger charge is -2.39. The molecule has 0 unspecified atom stereocenters. The molecule has 29 nitrogen and oxygen atoms in total. The van der Waals surface area contributed by atoms with Gasteiger partial charge in [0.1, 0.15) is 56.8 Å². The van der Waals surface area contributed by atoms with E-state index < -0.39 is 116 Å². The first-order valence-electron chi connectivity index (χ1n) is 25.6. The van der Waals surface area contributed by atoms with E-state index in [1.165, 1.54) is 41.5 Å². The number of ether oxygens (including phenoxy) is 15. The average molecular weight is 1130 g/mol. The minimum Gasteiger partial charge on any atom is -0.480 e. The van der Waals surface area contributed by atoms with E-state index in [0.717, 1.165) is 0 Å². The number of carboxylic acid groups (broad SMARTS) is 1. The zero-order valence-electron chi connectivity index (χ0n) is 45.3. The van der Waals surface area contributed by atoms with Crippen LogP contribution in [0.25, 0.3) is 0 Å². The van der Waals surface area contributed by atoms with Gasteiger partial charge in [-0.25, -0.2) is 0 Å². The summed E-state index contributed by atoms with van der Waals surface area (Å²) in [6, 6.07) is -1.07. The van der Waals surface area contributed by atoms with Gasteiger partial charge in [-0.2, -0.15) is 0 Å². The molecule has 2 rings (SSSR count). The van der Waals surface area contributed by atoms with Crippen molar-refractivity contribution in [2.24, 2.45) is 5.92 Å². The number of nitrogens with one attached hydrogen (secondary N) is 3. The molecule has 1 aliphatic heterocycles. The summed E-state index contributed by atoms with van der Waals surface area (Å²) in [6.45, 7) is 7.94. The number of aliphatic carboxylic acids is 1. The van der Waals surface area contributed by atoms with Crippen LogP contribution in [0.1, 0.15) is 80.1 Å². The number of hydrogen-bond donors (Lipinski definition) is 4. The Bertz CT molecular complexity index is 1860. The van der Waals surface area contributed by atoms with Gasteiger partial charge in [0, 0.05) is 66.8 Å². The maximum atomic E-state index is 12.7. The molecule has 3 amide bonds. The van der Waals surface area contributed by atoms with Gasteiger partial charge in [-0.15, -0.1) is 0 Å². The second-order valence-corrected chi connectivity index (χ2v) is 17.6. The van der Waals surface area contributed by atoms with Crippen LogP contribution in [-0.4, -0.2) is 232 Å². The SMILES string of the molecule is CC(=O)OC[C@H]1C[C@@H](OCCOCCOCCOCC(=O)NCCCC[C@H](NC(=O)COCCOCCOCCO[C@H]2C[C@@H](OC(C)=O)[C@@H](OC(C)=O)[C@@H](COC(C)=O)O2)C(=O)NCC(=O)O)C[C@@H](OC(C)=O)[C@H]1OC(C)=O. The van der Waals surface area contributed by atoms with E-state index in [1.54, 1.807) is 0 Å². The normalized spacial score (nSPS) is 21.2. The molecule has 1 saturated heterocycles. The number of rotatable bonds is 41. The highest BCUT2D eigenvalue weighted by molar-refractivity contribution is 5.89. The molecule has 0 aromatic carbocycles. The maximum absolute atomic E-state index is 12.7. The van der Waals surface area contributed by atoms with Gasteiger partial charge in [0.15, 0.2) is 12.4 Å². The molecule has 1 saturated carbocycles. The number of hydrogen-bond acceptors (Lipinski definition) is 25. The van der Waals surface area contributed by atoms with E-state index in [4.69, 9.17) is 76.2 Å². The quantitative estimate of drug-likeness (QED) is 0.0319. The largest absolute Gasteiger partial charge is 0.480 e. The van der Waals surface area contributed by atoms with Crippen molar-refractivity contribution in [3.63, 3.8) is 0 Å². The summed E-state index contributed by atoms with van der Waals surface area (Å²) in [5.41, 5.74) is 0. The number of unbranched alkanes of at least 4 members (excludes halogenated alkanes) is 1. The smallest absolute Gasteiger partial charge is 0.322 e. The second kappa shape index (κ2) is 40.5. The molecular weight excluding hydrogens is 1050 g/mol. The van der Waals surface area contributed by atoms with Gasteiger partial charge in [-0.3, -0.25) is 47.9 Å². The number of carboxylic acids is 1. The first kappa shape index (κ1) is 68.4. The molecule has 4 N–H and O–H groups in total. The van der Waals surface area contributed by atoms with Crippen molar-refractivity contribution < 1.29 is 124 Å². The van der Waals surface area contributed by atoms with E-state index in [9.17, 15) is 47.9 Å². The standard InChI is InChI=1S/C49H79N3O26/c1-31(53)72-27-37-23-38(24-40(74-33(3)55)47(37)76-35(5)57)70-21-19-66-13-11-64-15-17-68-29-43(59)50-10-8-7-9-39(49(63)51-26-45(61)62)52-44(60)30-69-18-16-65-12-14-67-20-22-71-46-25-41(75-34(4)56)48(77-36(6)58)42(78-46)28-73-32(2)54/h37-42,46-48H,7-30H2,1-6H3,(H,50,59)(H,51,63)(H,52,60)(H,61,62)/t37-,38-,39+,40-,41-,42-,46-,47+,48-/m1/s1. The predicted octanol–water partition coefficient (Wildman–Crippen LogP) is -1.16. The summed E-state index contributed by atoms with van der Waals surface area (Å²) < 4.78 is 81.9. The Labute approximate surface area is 452 Å². The lowest BCUT2D eigenvalue weighted by atomic mass is 9.82. The zero-order valence-corrected chi connectivity index (χ0v) is 45.3. The van der Waals surface area contributed by atoms with Crippen LogP contribution in [0, 0.1) is 5.92 Å². The summed E-state index contributed by atoms with van der Waals surface area (Å²) >= 11 is 0. The Morgan fingerprint density at radius 3 is 1.54 bits per heavy atom. The topological polar surface area (TPSA) is 365 Å². The van der Waals surface area contributed by atoms with E-state index in [2.05, 4.69) is 16.0 Å². The fourth-order valence-corrected chi connectivity index (χ4v) is 7.75. The van der Waals surface area contributed by atoms with Crippen molar-refractivity contribution in [2.75, 3.05) is 119 Å². The number of carbonyl (C=O) groups is 10. The van der Waals surface area contributed by atoms with Gasteiger partial charge < -0.3 is 92.1 Å². The Morgan fingerprint density at radius 1 is 0.513 bits per heavy atom. The third kappa shape index (κ3) is 32.9. The van der Waals surface area contributed by atoms with Gasteiger partial charge in [0.2, 0.25) is 17.7 Å². The first-order chi connectivity index (χ1) is 37.2. The van der Waals surface area contributed by atoms with Crippen LogP contribution >= 0.6 is 0 Å². The van der Waals surface area contributed by atoms with Crippen LogP contribution in [0.3, 0.4) is 0 Å². The fraction of sp³-hybridized carbons (Fsp3) is 0.796. The Balaban J connectivity index is 1.56. The summed E-state index contributed by atoms with van der Waals surface area (Å²) in [5, 5.41) is 16.5. The van der Waals surface area contributed by atoms with Crippen LogP contribution in [0.5, 0.6) is 0 Å². The number of carbonyl (C=O) groups excluding carboxylic acids is 9. The van der Waals surface area contributed by atoms with Crippen LogP contribution in [-0.2, 0) is 119 Å². The number of esters is 6. The van der Waals surface area contributed by atoms with Crippen molar-refractivity contribution in [1.82, 2.24) is 16.0 Å². The van der Waals surface area contributed by atoms with E-state index >= 15 is 0 Å². The highest BCUT2D eigenvalue weighted by Gasteiger charge is 2.45. The third-order valence-corrected chi connectivity index (χ3v) is 10.9. The minimum atomic E-state index is -1.27. The van der Waals surface area contributed by atoms with E-state index in [1.807, 2.05) is 0 Å². The monoisotopic (exact) mass is 1130 g/mol. The molecule has 9 atom stereocenters. The lowest BCUT2D eigenvalue weighted by molar-refractivity contribution is -0.267. The van der Waals surface area contributed by atoms with E-state index in [-0.39, 0.29) is 137 Å². The molecule has 1 aliphatic carbocycles. The van der Waals surface area contributed by atoms with Crippen LogP contribution < -0.4 is 16.0 Å². The predicted molar refractivity (Wildman–Crippen MR) is 262 cm³/mol. The molecule has 2 aliphatic rings. The van der Waals surface area contributed by atoms with Crippen molar-refractivity contribution in [1.29, 1.82) is 0 Å². The number of amides is 3. The van der Waals surface area contributed by atoms with E-state index in [0.29, 0.717) is 19.3 Å². The molecule has 0 aromatic rings. The Kier molecular flexibility index (Phi) is 35.6. The van der Waals surface area contributed by atoms with Gasteiger partial charge in [-0.05, 0) is 25.7 Å². The van der Waals surface area contributed by atoms with Crippen LogP contribution in [0.15, 0.2) is 0 Å². The van der Waals surface area contributed by atoms with Gasteiger partial charge >= 0.3 is 41.8 Å². The first-order valence-corrected chi connectivity index (χ1v) is 25.6. The van der Waals surface area contributed by atoms with Gasteiger partial charge in [0.05, 0.1) is 92.0 Å². The fourth-order valence-electron chi connectivity index (χ4n) is 7.75. The lowest BCUT2D eigenvalue weighted by Crippen LogP contribution is -2.54. The molecule has 0 spiro atoms. The zero-order chi connectivity index (χ0) is 57.7. The molecule has 446 valence electrons. The van der Waals surface area contributed by atoms with Crippen molar-refractivity contribution in [3.8, 4) is 0 Å². The molecule has 78 heavy (non-hydrogen) atoms. The van der Waals surface area contributed by atoms with Crippen molar-refractivity contribution in [3.05, 3.63) is 0 Å². The molecule has 2 fully saturated rings. The Morgan fingerprint density at radius 2 is 1.00 bits per heavy atom. The minimum absolute atomic E-state index is 0.0270. The highest BCUT2D eigenvalue weighted by atomic mass is 16.7. The summed E-state index contributed by atoms with van der Waals surface area (Å²) in [7, 11) is 0. The molecule has 0 radical (unpaired) electrons. The maximum Gasteiger partial charge on any atom is 0.322 e. The van der Waals surface area contributed by atoms with Gasteiger partial charge in [-0.1, -0.05) is 0 Å². The van der Waals surface area contributed by atoms with Gasteiger partial charge in [0.25, 0.3) is 0 Å². The Hall–Kier alpha value is -5.66. The summed E-state index contributed by atoms with van der Waals surface area (Å²) in [6.07, 6.45) is -4.11. The molecule has 1 heterocycles. The van der Waals surface area contributed by atoms with Crippen LogP contribution in [0.4, 0.5) is 0 Å². The van der Waals surface area contributed by atoms with Crippen molar-refractivity contribution >= 4 is 59.5 Å².